The molecule has 0 spiro atoms. The van der Waals surface area contributed by atoms with Gasteiger partial charge in [0.05, 0.1) is 0 Å². The number of hydrogen-bond donors (Lipinski definition) is 3. The van der Waals surface area contributed by atoms with Crippen molar-refractivity contribution in [2.45, 2.75) is 79.1 Å². The van der Waals surface area contributed by atoms with E-state index in [1.54, 1.807) is 20.8 Å². The third kappa shape index (κ3) is 6.77. The maximum atomic E-state index is 10.9. The molecule has 31 heavy (non-hydrogen) atoms. The molecule has 0 aliphatic carbocycles. The van der Waals surface area contributed by atoms with Crippen LogP contribution in [0.2, 0.25) is 0 Å². The van der Waals surface area contributed by atoms with E-state index in [4.69, 9.17) is 29.5 Å². The van der Waals surface area contributed by atoms with Crippen molar-refractivity contribution >= 4 is 17.3 Å². The molecule has 0 amide bonds. The van der Waals surface area contributed by atoms with E-state index in [0.717, 1.165) is 0 Å². The molecular formula is C21H30FeO9+2. The van der Waals surface area contributed by atoms with Crippen LogP contribution in [0.4, 0.5) is 0 Å². The molecule has 3 aliphatic rings. The zero-order valence-electron chi connectivity index (χ0n) is 18.5. The van der Waals surface area contributed by atoms with Crippen LogP contribution >= 0.6 is 0 Å². The summed E-state index contributed by atoms with van der Waals surface area (Å²) in [6, 6.07) is 0. The number of aliphatic hydroxyl groups excluding tert-OH is 3. The third-order valence-electron chi connectivity index (χ3n) is 4.65. The normalized spacial score (nSPS) is 24.6. The van der Waals surface area contributed by atoms with Crippen molar-refractivity contribution in [2.24, 2.45) is 0 Å². The van der Waals surface area contributed by atoms with Gasteiger partial charge in [-0.15, -0.1) is 0 Å². The summed E-state index contributed by atoms with van der Waals surface area (Å²) in [5.74, 6) is -0.490. The van der Waals surface area contributed by atoms with Gasteiger partial charge in [0.1, 0.15) is 17.3 Å². The van der Waals surface area contributed by atoms with Crippen molar-refractivity contribution in [3.63, 3.8) is 0 Å². The Morgan fingerprint density at radius 2 is 0.774 bits per heavy atom. The number of carbonyl (C=O) groups excluding carboxylic acids is 3. The summed E-state index contributed by atoms with van der Waals surface area (Å²) in [5.41, 5.74) is 0. The fourth-order valence-electron chi connectivity index (χ4n) is 2.75. The summed E-state index contributed by atoms with van der Waals surface area (Å²) in [6.07, 6.45) is 0.501. The second-order valence-electron chi connectivity index (χ2n) is 6.85. The zero-order chi connectivity index (χ0) is 23.2. The first-order chi connectivity index (χ1) is 14.0. The number of carbonyl (C=O) groups is 3. The minimum atomic E-state index is -0.444. The van der Waals surface area contributed by atoms with Gasteiger partial charge < -0.3 is 29.5 Å². The van der Waals surface area contributed by atoms with E-state index in [0.29, 0.717) is 36.5 Å². The van der Waals surface area contributed by atoms with Gasteiger partial charge >= 0.3 is 17.1 Å². The number of allylic oxidation sites excluding steroid dienone is 3. The predicted octanol–water partition coefficient (Wildman–Crippen LogP) is 3.46. The van der Waals surface area contributed by atoms with E-state index in [-0.39, 0.29) is 51.7 Å². The Balaban J connectivity index is 0.000000429. The Hall–Kier alpha value is -2.45. The van der Waals surface area contributed by atoms with Crippen molar-refractivity contribution in [1.29, 1.82) is 0 Å². The first-order valence-corrected chi connectivity index (χ1v) is 9.81. The second-order valence-corrected chi connectivity index (χ2v) is 6.85. The van der Waals surface area contributed by atoms with Crippen molar-refractivity contribution in [3.8, 4) is 0 Å². The molecule has 3 atom stereocenters. The monoisotopic (exact) mass is 482 g/mol. The Morgan fingerprint density at radius 3 is 0.839 bits per heavy atom. The molecule has 3 aliphatic heterocycles. The van der Waals surface area contributed by atoms with E-state index in [2.05, 4.69) is 0 Å². The molecule has 3 rings (SSSR count). The van der Waals surface area contributed by atoms with Gasteiger partial charge in [-0.3, -0.25) is 14.4 Å². The molecule has 9 nitrogen and oxygen atoms in total. The number of ketones is 3. The second kappa shape index (κ2) is 12.4. The maximum absolute atomic E-state index is 10.9. The van der Waals surface area contributed by atoms with Crippen LogP contribution in [0.25, 0.3) is 0 Å². The Bertz CT molecular complexity index is 690. The standard InChI is InChI=1S/3C7H10O3.Fe/c3*1-3-5-7(9)6(8)4(2)10-5;/h3*5,8H,3H2,1-2H3;/q;;;+2. The fraction of sp³-hybridized carbons (Fsp3) is 0.571. The van der Waals surface area contributed by atoms with Crippen LogP contribution in [0.15, 0.2) is 34.6 Å². The predicted molar refractivity (Wildman–Crippen MR) is 106 cm³/mol. The zero-order valence-corrected chi connectivity index (χ0v) is 19.6. The van der Waals surface area contributed by atoms with Gasteiger partial charge in [-0.05, 0) is 40.0 Å². The average Bonchev–Trinajstić information content (AvgIpc) is 3.25. The van der Waals surface area contributed by atoms with Crippen molar-refractivity contribution < 1.29 is 61.0 Å². The molecule has 3 unspecified atom stereocenters. The summed E-state index contributed by atoms with van der Waals surface area (Å²) in [7, 11) is 0. The van der Waals surface area contributed by atoms with E-state index in [1.807, 2.05) is 20.8 Å². The first kappa shape index (κ1) is 28.5. The van der Waals surface area contributed by atoms with Gasteiger partial charge in [-0.2, -0.15) is 0 Å². The fourth-order valence-corrected chi connectivity index (χ4v) is 2.75. The molecule has 174 valence electrons. The molecular weight excluding hydrogens is 452 g/mol. The van der Waals surface area contributed by atoms with E-state index >= 15 is 0 Å². The van der Waals surface area contributed by atoms with E-state index < -0.39 is 18.3 Å². The third-order valence-corrected chi connectivity index (χ3v) is 4.65. The Morgan fingerprint density at radius 1 is 0.581 bits per heavy atom. The van der Waals surface area contributed by atoms with E-state index in [9.17, 15) is 14.4 Å². The average molecular weight is 482 g/mol. The van der Waals surface area contributed by atoms with Crippen LogP contribution in [0.1, 0.15) is 60.8 Å². The van der Waals surface area contributed by atoms with Gasteiger partial charge in [-0.25, -0.2) is 0 Å². The molecule has 3 heterocycles. The molecule has 0 bridgehead atoms. The van der Waals surface area contributed by atoms with Gasteiger partial charge in [0, 0.05) is 0 Å². The number of hydrogen-bond acceptors (Lipinski definition) is 9. The molecule has 0 aromatic heterocycles. The van der Waals surface area contributed by atoms with Crippen molar-refractivity contribution in [1.82, 2.24) is 0 Å². The summed E-state index contributed by atoms with van der Waals surface area (Å²) >= 11 is 0. The Labute approximate surface area is 192 Å². The smallest absolute Gasteiger partial charge is 0.502 e. The molecule has 0 aromatic rings. The van der Waals surface area contributed by atoms with Gasteiger partial charge in [-0.1, -0.05) is 20.8 Å². The van der Waals surface area contributed by atoms with Crippen LogP contribution in [0.3, 0.4) is 0 Å². The molecule has 0 aromatic carbocycles. The minimum Gasteiger partial charge on any atom is -0.502 e. The van der Waals surface area contributed by atoms with Gasteiger partial charge in [0.25, 0.3) is 0 Å². The van der Waals surface area contributed by atoms with Crippen LogP contribution in [0, 0.1) is 0 Å². The van der Waals surface area contributed by atoms with Gasteiger partial charge in [0.2, 0.25) is 34.6 Å². The number of ether oxygens (including phenoxy) is 3. The molecule has 3 N–H and O–H groups in total. The topological polar surface area (TPSA) is 140 Å². The summed E-state index contributed by atoms with van der Waals surface area (Å²) in [4.78, 5) is 32.7. The quantitative estimate of drug-likeness (QED) is 0.516. The van der Waals surface area contributed by atoms with Crippen LogP contribution in [0.5, 0.6) is 0 Å². The SMILES string of the molecule is CCC1OC(C)=C(O)C1=O.CCC1OC(C)=C(O)C1=O.CCC1OC(C)=C(O)C1=O.[Fe+2]. The van der Waals surface area contributed by atoms with Crippen LogP contribution < -0.4 is 0 Å². The van der Waals surface area contributed by atoms with Crippen molar-refractivity contribution in [2.75, 3.05) is 0 Å². The molecule has 0 saturated carbocycles. The summed E-state index contributed by atoms with van der Waals surface area (Å²) in [6.45, 7) is 10.3. The number of rotatable bonds is 3. The number of aliphatic hydroxyl groups is 3. The van der Waals surface area contributed by atoms with Crippen LogP contribution in [-0.4, -0.2) is 51.0 Å². The van der Waals surface area contributed by atoms with E-state index in [1.165, 1.54) is 0 Å². The Kier molecular flexibility index (Phi) is 11.4. The minimum absolute atomic E-state index is 0. The largest absolute Gasteiger partial charge is 2.00 e. The number of Topliss-reactive ketones (excluding diaryl/α,β-unsaturated/α-hetero) is 3. The molecule has 0 radical (unpaired) electrons. The first-order valence-electron chi connectivity index (χ1n) is 9.81. The summed E-state index contributed by atoms with van der Waals surface area (Å²) < 4.78 is 15.0. The van der Waals surface area contributed by atoms with Crippen molar-refractivity contribution in [3.05, 3.63) is 34.6 Å². The molecule has 10 heteroatoms. The van der Waals surface area contributed by atoms with Gasteiger partial charge in [0.15, 0.2) is 18.3 Å². The molecule has 0 fully saturated rings. The summed E-state index contributed by atoms with van der Waals surface area (Å²) in [5, 5.41) is 26.9. The molecule has 0 saturated heterocycles. The van der Waals surface area contributed by atoms with Crippen LogP contribution in [-0.2, 0) is 45.7 Å². The maximum Gasteiger partial charge on any atom is 2.00 e.